The molecule has 0 fully saturated rings. The number of aromatic amines is 1. The standard InChI is InChI=1S/C9H12BrN5S/c1-5(9-12-3-7(10)16-9)11-4-8-13-6(2)14-15-8/h3,5,11H,4H2,1-2H3,(H,13,14,15). The highest BCUT2D eigenvalue weighted by atomic mass is 79.9. The van der Waals surface area contributed by atoms with Crippen LogP contribution < -0.4 is 5.32 Å². The van der Waals surface area contributed by atoms with Gasteiger partial charge < -0.3 is 5.32 Å². The molecule has 0 saturated heterocycles. The van der Waals surface area contributed by atoms with Gasteiger partial charge in [0.05, 0.1) is 22.6 Å². The number of thiazole rings is 1. The van der Waals surface area contributed by atoms with Gasteiger partial charge in [0, 0.05) is 0 Å². The van der Waals surface area contributed by atoms with Crippen molar-refractivity contribution in [3.63, 3.8) is 0 Å². The van der Waals surface area contributed by atoms with Crippen LogP contribution in [0.5, 0.6) is 0 Å². The van der Waals surface area contributed by atoms with Gasteiger partial charge in [-0.25, -0.2) is 9.97 Å². The van der Waals surface area contributed by atoms with E-state index in [9.17, 15) is 0 Å². The third-order valence-corrected chi connectivity index (χ3v) is 3.73. The van der Waals surface area contributed by atoms with E-state index < -0.39 is 0 Å². The zero-order valence-electron chi connectivity index (χ0n) is 8.99. The second-order valence-electron chi connectivity index (χ2n) is 3.44. The monoisotopic (exact) mass is 301 g/mol. The Morgan fingerprint density at radius 1 is 1.62 bits per heavy atom. The molecular formula is C9H12BrN5S. The van der Waals surface area contributed by atoms with Crippen LogP contribution in [0.3, 0.4) is 0 Å². The zero-order chi connectivity index (χ0) is 11.5. The number of halogens is 1. The number of rotatable bonds is 4. The van der Waals surface area contributed by atoms with Crippen LogP contribution in [0, 0.1) is 6.92 Å². The molecule has 0 amide bonds. The molecule has 7 heteroatoms. The van der Waals surface area contributed by atoms with E-state index in [2.05, 4.69) is 48.3 Å². The van der Waals surface area contributed by atoms with E-state index in [1.165, 1.54) is 0 Å². The van der Waals surface area contributed by atoms with E-state index in [-0.39, 0.29) is 6.04 Å². The summed E-state index contributed by atoms with van der Waals surface area (Å²) in [5.41, 5.74) is 0. The highest BCUT2D eigenvalue weighted by Crippen LogP contribution is 2.24. The summed E-state index contributed by atoms with van der Waals surface area (Å²) in [5.74, 6) is 1.61. The van der Waals surface area contributed by atoms with Gasteiger partial charge in [-0.1, -0.05) is 0 Å². The maximum absolute atomic E-state index is 4.29. The quantitative estimate of drug-likeness (QED) is 0.908. The number of H-pyrrole nitrogens is 1. The van der Waals surface area contributed by atoms with Crippen molar-refractivity contribution >= 4 is 27.3 Å². The first-order valence-corrected chi connectivity index (χ1v) is 6.48. The van der Waals surface area contributed by atoms with Crippen molar-refractivity contribution < 1.29 is 0 Å². The highest BCUT2D eigenvalue weighted by molar-refractivity contribution is 9.11. The molecule has 2 heterocycles. The van der Waals surface area contributed by atoms with Crippen LogP contribution in [-0.2, 0) is 6.54 Å². The fraction of sp³-hybridized carbons (Fsp3) is 0.444. The Morgan fingerprint density at radius 3 is 3.00 bits per heavy atom. The maximum Gasteiger partial charge on any atom is 0.164 e. The van der Waals surface area contributed by atoms with Crippen LogP contribution in [0.1, 0.15) is 29.6 Å². The summed E-state index contributed by atoms with van der Waals surface area (Å²) >= 11 is 5.03. The Balaban J connectivity index is 1.91. The third kappa shape index (κ3) is 2.87. The number of aromatic nitrogens is 4. The fourth-order valence-electron chi connectivity index (χ4n) is 1.27. The first kappa shape index (κ1) is 11.7. The van der Waals surface area contributed by atoms with Crippen LogP contribution in [0.4, 0.5) is 0 Å². The molecule has 0 aliphatic carbocycles. The van der Waals surface area contributed by atoms with E-state index >= 15 is 0 Å². The van der Waals surface area contributed by atoms with Gasteiger partial charge >= 0.3 is 0 Å². The van der Waals surface area contributed by atoms with Gasteiger partial charge in [-0.15, -0.1) is 11.3 Å². The minimum absolute atomic E-state index is 0.204. The molecule has 2 N–H and O–H groups in total. The van der Waals surface area contributed by atoms with Gasteiger partial charge in [-0.05, 0) is 29.8 Å². The molecule has 0 radical (unpaired) electrons. The molecule has 86 valence electrons. The van der Waals surface area contributed by atoms with E-state index in [0.717, 1.165) is 20.4 Å². The molecule has 0 aliphatic rings. The number of hydrogen-bond donors (Lipinski definition) is 2. The average Bonchev–Trinajstić information content (AvgIpc) is 2.84. The molecule has 0 aliphatic heterocycles. The van der Waals surface area contributed by atoms with Crippen molar-refractivity contribution in [1.82, 2.24) is 25.5 Å². The molecule has 0 aromatic carbocycles. The van der Waals surface area contributed by atoms with Crippen LogP contribution in [0.2, 0.25) is 0 Å². The second-order valence-corrected chi connectivity index (χ2v) is 5.88. The summed E-state index contributed by atoms with van der Waals surface area (Å²) in [7, 11) is 0. The normalized spacial score (nSPS) is 12.9. The molecule has 2 aromatic rings. The summed E-state index contributed by atoms with van der Waals surface area (Å²) in [6.07, 6.45) is 1.81. The molecule has 1 atom stereocenters. The van der Waals surface area contributed by atoms with Gasteiger partial charge in [0.15, 0.2) is 5.82 Å². The Hall–Kier alpha value is -0.790. The predicted octanol–water partition coefficient (Wildman–Crippen LogP) is 2.18. The Kier molecular flexibility index (Phi) is 3.67. The van der Waals surface area contributed by atoms with Crippen molar-refractivity contribution in [2.45, 2.75) is 26.4 Å². The lowest BCUT2D eigenvalue weighted by molar-refractivity contribution is 0.557. The molecule has 0 saturated carbocycles. The number of hydrogen-bond acceptors (Lipinski definition) is 5. The zero-order valence-corrected chi connectivity index (χ0v) is 11.4. The molecule has 1 unspecified atom stereocenters. The molecular weight excluding hydrogens is 290 g/mol. The number of aryl methyl sites for hydroxylation is 1. The number of nitrogens with one attached hydrogen (secondary N) is 2. The second kappa shape index (κ2) is 5.03. The van der Waals surface area contributed by atoms with Gasteiger partial charge in [0.25, 0.3) is 0 Å². The lowest BCUT2D eigenvalue weighted by atomic mass is 10.3. The fourth-order valence-corrected chi connectivity index (χ4v) is 2.54. The molecule has 2 aromatic heterocycles. The van der Waals surface area contributed by atoms with Crippen molar-refractivity contribution in [2.24, 2.45) is 0 Å². The minimum Gasteiger partial charge on any atom is -0.301 e. The smallest absolute Gasteiger partial charge is 0.164 e. The predicted molar refractivity (Wildman–Crippen MR) is 66.2 cm³/mol. The molecule has 5 nitrogen and oxygen atoms in total. The van der Waals surface area contributed by atoms with E-state index in [4.69, 9.17) is 0 Å². The Bertz CT molecular complexity index is 466. The SMILES string of the molecule is Cc1nc(CNC(C)c2ncc(Br)s2)n[nH]1. The van der Waals surface area contributed by atoms with Crippen molar-refractivity contribution in [3.05, 3.63) is 26.6 Å². The summed E-state index contributed by atoms with van der Waals surface area (Å²) < 4.78 is 1.05. The average molecular weight is 302 g/mol. The van der Waals surface area contributed by atoms with Gasteiger partial charge in [-0.2, -0.15) is 5.10 Å². The van der Waals surface area contributed by atoms with E-state index in [0.29, 0.717) is 6.54 Å². The van der Waals surface area contributed by atoms with Gasteiger partial charge in [-0.3, -0.25) is 5.10 Å². The topological polar surface area (TPSA) is 66.5 Å². The first-order chi connectivity index (χ1) is 7.65. The minimum atomic E-state index is 0.204. The van der Waals surface area contributed by atoms with Gasteiger partial charge in [0.1, 0.15) is 10.8 Å². The van der Waals surface area contributed by atoms with E-state index in [1.54, 1.807) is 11.3 Å². The first-order valence-electron chi connectivity index (χ1n) is 4.87. The Morgan fingerprint density at radius 2 is 2.44 bits per heavy atom. The number of nitrogens with zero attached hydrogens (tertiary/aromatic N) is 3. The van der Waals surface area contributed by atoms with Crippen LogP contribution in [-0.4, -0.2) is 20.2 Å². The molecule has 0 bridgehead atoms. The van der Waals surface area contributed by atoms with Gasteiger partial charge in [0.2, 0.25) is 0 Å². The molecule has 2 rings (SSSR count). The highest BCUT2D eigenvalue weighted by Gasteiger charge is 2.10. The van der Waals surface area contributed by atoms with Crippen molar-refractivity contribution in [1.29, 1.82) is 0 Å². The summed E-state index contributed by atoms with van der Waals surface area (Å²) in [5, 5.41) is 11.3. The lowest BCUT2D eigenvalue weighted by Crippen LogP contribution is -2.18. The summed E-state index contributed by atoms with van der Waals surface area (Å²) in [6.45, 7) is 4.60. The van der Waals surface area contributed by atoms with Crippen molar-refractivity contribution in [3.8, 4) is 0 Å². The summed E-state index contributed by atoms with van der Waals surface area (Å²) in [6, 6.07) is 0.204. The van der Waals surface area contributed by atoms with Crippen LogP contribution in [0.25, 0.3) is 0 Å². The summed E-state index contributed by atoms with van der Waals surface area (Å²) in [4.78, 5) is 8.52. The molecule has 0 spiro atoms. The van der Waals surface area contributed by atoms with Crippen molar-refractivity contribution in [2.75, 3.05) is 0 Å². The largest absolute Gasteiger partial charge is 0.301 e. The van der Waals surface area contributed by atoms with Crippen LogP contribution >= 0.6 is 27.3 Å². The maximum atomic E-state index is 4.29. The lowest BCUT2D eigenvalue weighted by Gasteiger charge is -2.08. The molecule has 16 heavy (non-hydrogen) atoms. The van der Waals surface area contributed by atoms with Crippen LogP contribution in [0.15, 0.2) is 9.98 Å². The van der Waals surface area contributed by atoms with E-state index in [1.807, 2.05) is 13.1 Å². The third-order valence-electron chi connectivity index (χ3n) is 2.08. The Labute approximate surface area is 106 Å².